The van der Waals surface area contributed by atoms with E-state index >= 15 is 0 Å². The van der Waals surface area contributed by atoms with Crippen LogP contribution >= 0.6 is 0 Å². The zero-order valence-corrected chi connectivity index (χ0v) is 10.3. The molecule has 0 bridgehead atoms. The summed E-state index contributed by atoms with van der Waals surface area (Å²) in [5.74, 6) is 0.377. The van der Waals surface area contributed by atoms with Crippen LogP contribution in [0.4, 0.5) is 0 Å². The fourth-order valence-electron chi connectivity index (χ4n) is 1.18. The molecule has 0 aliphatic carbocycles. The number of Topliss-reactive ketones (excluding diaryl/α,β-unsaturated/α-hetero) is 1. The van der Waals surface area contributed by atoms with Crippen LogP contribution in [0.5, 0.6) is 0 Å². The Balaban J connectivity index is 3.42. The number of rotatable bonds is 6. The number of carbonyl (C=O) groups excluding carboxylic acids is 1. The summed E-state index contributed by atoms with van der Waals surface area (Å²) in [6.45, 7) is 11.3. The molecular weight excluding hydrogens is 174 g/mol. The lowest BCUT2D eigenvalue weighted by molar-refractivity contribution is -0.126. The number of unbranched alkanes of at least 4 members (excludes halogenated alkanes) is 1. The van der Waals surface area contributed by atoms with Gasteiger partial charge in [-0.1, -0.05) is 34.6 Å². The van der Waals surface area contributed by atoms with Crippen molar-refractivity contribution in [2.75, 3.05) is 6.54 Å². The molecule has 0 atom stereocenters. The molecule has 0 aromatic rings. The van der Waals surface area contributed by atoms with Crippen molar-refractivity contribution in [3.8, 4) is 0 Å². The van der Waals surface area contributed by atoms with Crippen LogP contribution < -0.4 is 5.32 Å². The van der Waals surface area contributed by atoms with Gasteiger partial charge in [0.25, 0.3) is 0 Å². The van der Waals surface area contributed by atoms with E-state index in [2.05, 4.69) is 19.2 Å². The van der Waals surface area contributed by atoms with E-state index in [4.69, 9.17) is 0 Å². The van der Waals surface area contributed by atoms with Crippen LogP contribution in [0.15, 0.2) is 0 Å². The van der Waals surface area contributed by atoms with Gasteiger partial charge in [-0.15, -0.1) is 0 Å². The Kier molecular flexibility index (Phi) is 6.01. The third-order valence-corrected chi connectivity index (χ3v) is 2.22. The van der Waals surface area contributed by atoms with Gasteiger partial charge in [0, 0.05) is 17.9 Å². The third kappa shape index (κ3) is 7.07. The molecule has 0 saturated heterocycles. The predicted octanol–water partition coefficient (Wildman–Crippen LogP) is 2.77. The lowest BCUT2D eigenvalue weighted by Gasteiger charge is -2.16. The number of ketones is 1. The van der Waals surface area contributed by atoms with Crippen LogP contribution in [0.3, 0.4) is 0 Å². The molecule has 0 aromatic heterocycles. The van der Waals surface area contributed by atoms with Crippen LogP contribution in [0.2, 0.25) is 0 Å². The monoisotopic (exact) mass is 199 g/mol. The highest BCUT2D eigenvalue weighted by molar-refractivity contribution is 5.83. The average molecular weight is 199 g/mol. The minimum absolute atomic E-state index is 0.161. The summed E-state index contributed by atoms with van der Waals surface area (Å²) < 4.78 is 0. The molecule has 0 aromatic carbocycles. The summed E-state index contributed by atoms with van der Waals surface area (Å²) in [6, 6.07) is 0.549. The third-order valence-electron chi connectivity index (χ3n) is 2.22. The summed E-state index contributed by atoms with van der Waals surface area (Å²) in [7, 11) is 0. The highest BCUT2D eigenvalue weighted by atomic mass is 16.1. The van der Waals surface area contributed by atoms with Crippen molar-refractivity contribution >= 4 is 5.78 Å². The van der Waals surface area contributed by atoms with E-state index in [1.165, 1.54) is 0 Å². The standard InChI is InChI=1S/C12H25NO/c1-10(2)13-9-7-6-8-11(14)12(3,4)5/h10,13H,6-9H2,1-5H3. The van der Waals surface area contributed by atoms with Gasteiger partial charge in [0.2, 0.25) is 0 Å². The van der Waals surface area contributed by atoms with Crippen molar-refractivity contribution in [3.63, 3.8) is 0 Å². The van der Waals surface area contributed by atoms with Crippen molar-refractivity contribution in [1.29, 1.82) is 0 Å². The van der Waals surface area contributed by atoms with Gasteiger partial charge in [-0.05, 0) is 19.4 Å². The maximum Gasteiger partial charge on any atom is 0.138 e. The first-order valence-electron chi connectivity index (χ1n) is 5.60. The Hall–Kier alpha value is -0.370. The SMILES string of the molecule is CC(C)NCCCCC(=O)C(C)(C)C. The van der Waals surface area contributed by atoms with Gasteiger partial charge in [-0.3, -0.25) is 4.79 Å². The Morgan fingerprint density at radius 1 is 1.21 bits per heavy atom. The molecule has 84 valence electrons. The van der Waals surface area contributed by atoms with E-state index in [0.717, 1.165) is 25.8 Å². The van der Waals surface area contributed by atoms with Gasteiger partial charge in [-0.25, -0.2) is 0 Å². The van der Waals surface area contributed by atoms with E-state index in [1.807, 2.05) is 20.8 Å². The van der Waals surface area contributed by atoms with Crippen molar-refractivity contribution in [2.24, 2.45) is 5.41 Å². The first-order valence-corrected chi connectivity index (χ1v) is 5.60. The second-order valence-corrected chi connectivity index (χ2v) is 5.24. The Bertz CT molecular complexity index is 168. The highest BCUT2D eigenvalue weighted by Gasteiger charge is 2.19. The van der Waals surface area contributed by atoms with Gasteiger partial charge in [-0.2, -0.15) is 0 Å². The molecule has 14 heavy (non-hydrogen) atoms. The molecular formula is C12H25NO. The largest absolute Gasteiger partial charge is 0.315 e. The smallest absolute Gasteiger partial charge is 0.138 e. The van der Waals surface area contributed by atoms with E-state index in [-0.39, 0.29) is 5.41 Å². The van der Waals surface area contributed by atoms with Crippen LogP contribution in [0.1, 0.15) is 53.9 Å². The van der Waals surface area contributed by atoms with Gasteiger partial charge in [0.15, 0.2) is 0 Å². The fourth-order valence-corrected chi connectivity index (χ4v) is 1.18. The van der Waals surface area contributed by atoms with E-state index in [1.54, 1.807) is 0 Å². The van der Waals surface area contributed by atoms with E-state index in [9.17, 15) is 4.79 Å². The van der Waals surface area contributed by atoms with Crippen molar-refractivity contribution in [2.45, 2.75) is 59.9 Å². The molecule has 0 spiro atoms. The van der Waals surface area contributed by atoms with Crippen LogP contribution in [0, 0.1) is 5.41 Å². The van der Waals surface area contributed by atoms with Gasteiger partial charge in [0.05, 0.1) is 0 Å². The van der Waals surface area contributed by atoms with Crippen LogP contribution in [-0.2, 0) is 4.79 Å². The molecule has 0 fully saturated rings. The molecule has 0 amide bonds. The van der Waals surface area contributed by atoms with Gasteiger partial charge >= 0.3 is 0 Å². The Labute approximate surface area is 88.5 Å². The summed E-state index contributed by atoms with van der Waals surface area (Å²) in [6.07, 6.45) is 2.83. The molecule has 0 unspecified atom stereocenters. The van der Waals surface area contributed by atoms with Crippen LogP contribution in [-0.4, -0.2) is 18.4 Å². The predicted molar refractivity (Wildman–Crippen MR) is 61.5 cm³/mol. The highest BCUT2D eigenvalue weighted by Crippen LogP contribution is 2.17. The van der Waals surface area contributed by atoms with Gasteiger partial charge in [0.1, 0.15) is 5.78 Å². The summed E-state index contributed by atoms with van der Waals surface area (Å²) >= 11 is 0. The second kappa shape index (κ2) is 6.18. The first kappa shape index (κ1) is 13.6. The number of hydrogen-bond acceptors (Lipinski definition) is 2. The maximum absolute atomic E-state index is 11.5. The normalized spacial score (nSPS) is 12.1. The van der Waals surface area contributed by atoms with Crippen molar-refractivity contribution in [3.05, 3.63) is 0 Å². The molecule has 0 radical (unpaired) electrons. The minimum atomic E-state index is -0.161. The Morgan fingerprint density at radius 3 is 2.21 bits per heavy atom. The molecule has 0 aliphatic rings. The summed E-state index contributed by atoms with van der Waals surface area (Å²) in [5.41, 5.74) is -0.161. The minimum Gasteiger partial charge on any atom is -0.315 e. The molecule has 0 heterocycles. The fraction of sp³-hybridized carbons (Fsp3) is 0.917. The summed E-state index contributed by atoms with van der Waals surface area (Å²) in [4.78, 5) is 11.5. The lowest BCUT2D eigenvalue weighted by Crippen LogP contribution is -2.24. The molecule has 0 rings (SSSR count). The second-order valence-electron chi connectivity index (χ2n) is 5.24. The van der Waals surface area contributed by atoms with E-state index in [0.29, 0.717) is 11.8 Å². The van der Waals surface area contributed by atoms with E-state index < -0.39 is 0 Å². The van der Waals surface area contributed by atoms with Gasteiger partial charge < -0.3 is 5.32 Å². The molecule has 1 N–H and O–H groups in total. The maximum atomic E-state index is 11.5. The molecule has 0 aliphatic heterocycles. The molecule has 2 nitrogen and oxygen atoms in total. The number of nitrogens with one attached hydrogen (secondary N) is 1. The topological polar surface area (TPSA) is 29.1 Å². The van der Waals surface area contributed by atoms with Crippen molar-refractivity contribution in [1.82, 2.24) is 5.32 Å². The number of carbonyl (C=O) groups is 1. The molecule has 2 heteroatoms. The number of hydrogen-bond donors (Lipinski definition) is 1. The van der Waals surface area contributed by atoms with Crippen molar-refractivity contribution < 1.29 is 4.79 Å². The van der Waals surface area contributed by atoms with Crippen LogP contribution in [0.25, 0.3) is 0 Å². The zero-order chi connectivity index (χ0) is 11.2. The lowest BCUT2D eigenvalue weighted by atomic mass is 9.88. The quantitative estimate of drug-likeness (QED) is 0.666. The Morgan fingerprint density at radius 2 is 1.79 bits per heavy atom. The first-order chi connectivity index (χ1) is 6.34. The molecule has 0 saturated carbocycles. The average Bonchev–Trinajstić information content (AvgIpc) is 2.01. The zero-order valence-electron chi connectivity index (χ0n) is 10.3. The summed E-state index contributed by atoms with van der Waals surface area (Å²) in [5, 5.41) is 3.35.